The molecule has 0 radical (unpaired) electrons. The average molecular weight is 204 g/mol. The summed E-state index contributed by atoms with van der Waals surface area (Å²) in [5.74, 6) is 0.354. The maximum atomic E-state index is 10.3. The first-order valence-electron chi connectivity index (χ1n) is 5.74. The Hall–Kier alpha value is -0.370. The summed E-state index contributed by atoms with van der Waals surface area (Å²) < 4.78 is 4.95. The van der Waals surface area contributed by atoms with Crippen LogP contribution in [0.25, 0.3) is 0 Å². The average Bonchev–Trinajstić information content (AvgIpc) is 2.26. The molecule has 0 aliphatic heterocycles. The third-order valence-electron chi connectivity index (χ3n) is 1.71. The van der Waals surface area contributed by atoms with Gasteiger partial charge in [-0.2, -0.15) is 0 Å². The number of carbonyl (C=O) groups is 1. The van der Waals surface area contributed by atoms with E-state index >= 15 is 0 Å². The highest BCUT2D eigenvalue weighted by Gasteiger charge is 2.13. The van der Waals surface area contributed by atoms with E-state index in [-0.39, 0.29) is 6.10 Å². The van der Waals surface area contributed by atoms with E-state index in [9.17, 15) is 4.79 Å². The van der Waals surface area contributed by atoms with Crippen LogP contribution in [-0.4, -0.2) is 19.5 Å². The normalized spacial score (nSPS) is 12.5. The second-order valence-corrected chi connectivity index (χ2v) is 2.60. The summed E-state index contributed by atoms with van der Waals surface area (Å²) in [7, 11) is 1.57. The van der Waals surface area contributed by atoms with Crippen molar-refractivity contribution in [1.29, 1.82) is 0 Å². The molecule has 0 aromatic rings. The topological polar surface area (TPSA) is 26.3 Å². The molecule has 0 saturated carbocycles. The molecule has 0 aliphatic rings. The summed E-state index contributed by atoms with van der Waals surface area (Å²) in [5, 5.41) is 0. The van der Waals surface area contributed by atoms with Crippen LogP contribution in [-0.2, 0) is 9.53 Å². The van der Waals surface area contributed by atoms with Crippen LogP contribution < -0.4 is 0 Å². The quantitative estimate of drug-likeness (QED) is 0.638. The fraction of sp³-hybridized carbons (Fsp3) is 0.917. The Kier molecular flexibility index (Phi) is 25.3. The van der Waals surface area contributed by atoms with Gasteiger partial charge in [-0.05, 0) is 12.3 Å². The zero-order chi connectivity index (χ0) is 12.0. The SMILES string of the molecule is CC.CC.CCCC(C)C(C=O)OC. The molecule has 0 N–H and O–H groups in total. The predicted molar refractivity (Wildman–Crippen MR) is 63.6 cm³/mol. The van der Waals surface area contributed by atoms with Gasteiger partial charge in [-0.25, -0.2) is 0 Å². The monoisotopic (exact) mass is 204 g/mol. The van der Waals surface area contributed by atoms with Crippen molar-refractivity contribution >= 4 is 6.29 Å². The fourth-order valence-electron chi connectivity index (χ4n) is 1.04. The molecule has 2 unspecified atom stereocenters. The highest BCUT2D eigenvalue weighted by Crippen LogP contribution is 2.10. The van der Waals surface area contributed by atoms with E-state index in [1.165, 1.54) is 0 Å². The molecule has 2 nitrogen and oxygen atoms in total. The molecule has 0 fully saturated rings. The first-order valence-corrected chi connectivity index (χ1v) is 5.74. The standard InChI is InChI=1S/C8H16O2.2C2H6/c1-4-5-7(2)8(6-9)10-3;2*1-2/h6-8H,4-5H2,1-3H3;2*1-2H3. The Morgan fingerprint density at radius 2 is 1.64 bits per heavy atom. The van der Waals surface area contributed by atoms with E-state index in [4.69, 9.17) is 4.74 Å². The lowest BCUT2D eigenvalue weighted by Crippen LogP contribution is -2.21. The molecule has 88 valence electrons. The number of hydrogen-bond donors (Lipinski definition) is 0. The molecule has 2 heteroatoms. The van der Waals surface area contributed by atoms with Gasteiger partial charge in [0.25, 0.3) is 0 Å². The molecule has 0 rings (SSSR count). The Balaban J connectivity index is -0.000000266. The molecule has 0 bridgehead atoms. The molecule has 0 aromatic heterocycles. The van der Waals surface area contributed by atoms with Crippen molar-refractivity contribution in [2.24, 2.45) is 5.92 Å². The van der Waals surface area contributed by atoms with E-state index in [0.717, 1.165) is 19.1 Å². The molecule has 0 heterocycles. The lowest BCUT2D eigenvalue weighted by molar-refractivity contribution is -0.119. The molecule has 0 aliphatic carbocycles. The molecular formula is C12H28O2. The van der Waals surface area contributed by atoms with Gasteiger partial charge in [-0.3, -0.25) is 0 Å². The van der Waals surface area contributed by atoms with Gasteiger partial charge in [0.05, 0.1) is 0 Å². The Morgan fingerprint density at radius 1 is 1.21 bits per heavy atom. The van der Waals surface area contributed by atoms with Crippen molar-refractivity contribution < 1.29 is 9.53 Å². The summed E-state index contributed by atoms with van der Waals surface area (Å²) in [6.45, 7) is 12.1. The molecule has 0 amide bonds. The lowest BCUT2D eigenvalue weighted by Gasteiger charge is -2.15. The van der Waals surface area contributed by atoms with Crippen molar-refractivity contribution in [3.63, 3.8) is 0 Å². The third kappa shape index (κ3) is 11.6. The van der Waals surface area contributed by atoms with E-state index < -0.39 is 0 Å². The summed E-state index contributed by atoms with van der Waals surface area (Å²) in [4.78, 5) is 10.3. The van der Waals surface area contributed by atoms with Gasteiger partial charge in [-0.15, -0.1) is 0 Å². The Bertz CT molecular complexity index is 92.3. The molecule has 0 spiro atoms. The van der Waals surface area contributed by atoms with Gasteiger partial charge >= 0.3 is 0 Å². The molecule has 14 heavy (non-hydrogen) atoms. The van der Waals surface area contributed by atoms with Gasteiger partial charge in [-0.1, -0.05) is 48.0 Å². The van der Waals surface area contributed by atoms with Gasteiger partial charge < -0.3 is 9.53 Å². The van der Waals surface area contributed by atoms with E-state index in [2.05, 4.69) is 6.92 Å². The van der Waals surface area contributed by atoms with Crippen LogP contribution in [0, 0.1) is 5.92 Å². The summed E-state index contributed by atoms with van der Waals surface area (Å²) in [6, 6.07) is 0. The van der Waals surface area contributed by atoms with Gasteiger partial charge in [0.15, 0.2) is 0 Å². The second kappa shape index (κ2) is 18.4. The van der Waals surface area contributed by atoms with Crippen LogP contribution in [0.2, 0.25) is 0 Å². The van der Waals surface area contributed by atoms with Crippen molar-refractivity contribution in [3.8, 4) is 0 Å². The van der Waals surface area contributed by atoms with E-state index in [1.54, 1.807) is 7.11 Å². The maximum Gasteiger partial charge on any atom is 0.149 e. The fourth-order valence-corrected chi connectivity index (χ4v) is 1.04. The minimum absolute atomic E-state index is 0.208. The maximum absolute atomic E-state index is 10.3. The zero-order valence-corrected chi connectivity index (χ0v) is 11.0. The zero-order valence-electron chi connectivity index (χ0n) is 11.0. The highest BCUT2D eigenvalue weighted by atomic mass is 16.5. The minimum atomic E-state index is -0.208. The van der Waals surface area contributed by atoms with E-state index in [0.29, 0.717) is 5.92 Å². The number of ether oxygens (including phenoxy) is 1. The van der Waals surface area contributed by atoms with Crippen molar-refractivity contribution in [2.45, 2.75) is 60.5 Å². The largest absolute Gasteiger partial charge is 0.374 e. The highest BCUT2D eigenvalue weighted by molar-refractivity contribution is 5.56. The smallest absolute Gasteiger partial charge is 0.149 e. The number of carbonyl (C=O) groups excluding carboxylic acids is 1. The predicted octanol–water partition coefficient (Wildman–Crippen LogP) is 3.69. The van der Waals surface area contributed by atoms with Crippen LogP contribution in [0.15, 0.2) is 0 Å². The molecule has 2 atom stereocenters. The summed E-state index contributed by atoms with van der Waals surface area (Å²) >= 11 is 0. The first kappa shape index (κ1) is 19.2. The van der Waals surface area contributed by atoms with Crippen molar-refractivity contribution in [1.82, 2.24) is 0 Å². The van der Waals surface area contributed by atoms with Crippen molar-refractivity contribution in [2.75, 3.05) is 7.11 Å². The summed E-state index contributed by atoms with van der Waals surface area (Å²) in [5.41, 5.74) is 0. The van der Waals surface area contributed by atoms with Crippen molar-refractivity contribution in [3.05, 3.63) is 0 Å². The number of methoxy groups -OCH3 is 1. The number of hydrogen-bond acceptors (Lipinski definition) is 2. The number of rotatable bonds is 5. The second-order valence-electron chi connectivity index (χ2n) is 2.60. The van der Waals surface area contributed by atoms with Crippen LogP contribution in [0.4, 0.5) is 0 Å². The van der Waals surface area contributed by atoms with Crippen LogP contribution in [0.1, 0.15) is 54.4 Å². The number of aldehydes is 1. The molecular weight excluding hydrogens is 176 g/mol. The summed E-state index contributed by atoms with van der Waals surface area (Å²) in [6.07, 6.45) is 2.83. The molecule has 0 aromatic carbocycles. The van der Waals surface area contributed by atoms with Gasteiger partial charge in [0, 0.05) is 7.11 Å². The third-order valence-corrected chi connectivity index (χ3v) is 1.71. The minimum Gasteiger partial charge on any atom is -0.374 e. The van der Waals surface area contributed by atoms with Crippen LogP contribution in [0.3, 0.4) is 0 Å². The first-order chi connectivity index (χ1) is 6.76. The van der Waals surface area contributed by atoms with Gasteiger partial charge in [0.1, 0.15) is 12.4 Å². The lowest BCUT2D eigenvalue weighted by atomic mass is 10.0. The Labute approximate surface area is 90.0 Å². The van der Waals surface area contributed by atoms with Crippen LogP contribution in [0.5, 0.6) is 0 Å². The molecule has 0 saturated heterocycles. The van der Waals surface area contributed by atoms with E-state index in [1.807, 2.05) is 34.6 Å². The Morgan fingerprint density at radius 3 is 1.86 bits per heavy atom. The van der Waals surface area contributed by atoms with Crippen LogP contribution >= 0.6 is 0 Å². The van der Waals surface area contributed by atoms with Gasteiger partial charge in [0.2, 0.25) is 0 Å².